The Morgan fingerprint density at radius 3 is 2.46 bits per heavy atom. The first-order valence-corrected chi connectivity index (χ1v) is 14.5. The Morgan fingerprint density at radius 2 is 1.79 bits per heavy atom. The number of likely N-dealkylation sites (N-methyl/N-ethyl adjacent to an activating group) is 1. The molecule has 2 aliphatic carbocycles. The Balaban J connectivity index is 1.20. The van der Waals surface area contributed by atoms with Gasteiger partial charge in [0.2, 0.25) is 0 Å². The molecule has 0 aromatic heterocycles. The van der Waals surface area contributed by atoms with Gasteiger partial charge in [0.25, 0.3) is 0 Å². The van der Waals surface area contributed by atoms with E-state index in [4.69, 9.17) is 9.47 Å². The summed E-state index contributed by atoms with van der Waals surface area (Å²) >= 11 is 0. The normalized spacial score (nSPS) is 39.8. The highest BCUT2D eigenvalue weighted by molar-refractivity contribution is 5.96. The highest BCUT2D eigenvalue weighted by atomic mass is 16.6. The molecule has 0 bridgehead atoms. The van der Waals surface area contributed by atoms with Crippen molar-refractivity contribution in [1.82, 2.24) is 4.90 Å². The molecule has 0 amide bonds. The fraction of sp³-hybridized carbons (Fsp3) is 0.594. The molecule has 0 radical (unpaired) electrons. The standard InChI is InChI=1S/C32H42N2O5/c1-30-12-11-28(36)31(2,20-35)26(30)10-13-32(21-38-32)27(30)9-6-23-19-25(39-29(23)37)18-22-4-7-24(8-5-22)34-16-14-33(3)15-17-34/h4-9,18-19,26-28,35-36H,10-17,20-21H2,1-3H3/t26?,27?,28-,30+,31+,32?/m1/s1. The predicted octanol–water partition coefficient (Wildman–Crippen LogP) is 3.77. The van der Waals surface area contributed by atoms with Crippen LogP contribution in [0.2, 0.25) is 0 Å². The zero-order chi connectivity index (χ0) is 27.4. The number of hydrogen-bond donors (Lipinski definition) is 2. The van der Waals surface area contributed by atoms with Crippen LogP contribution in [0.1, 0.15) is 45.1 Å². The van der Waals surface area contributed by atoms with Crippen LogP contribution >= 0.6 is 0 Å². The van der Waals surface area contributed by atoms with Gasteiger partial charge in [-0.05, 0) is 73.9 Å². The second-order valence-corrected chi connectivity index (χ2v) is 12.9. The van der Waals surface area contributed by atoms with Crippen molar-refractivity contribution in [2.75, 3.05) is 51.3 Å². The van der Waals surface area contributed by atoms with Gasteiger partial charge in [-0.2, -0.15) is 0 Å². The average Bonchev–Trinajstić information content (AvgIpc) is 3.61. The van der Waals surface area contributed by atoms with Crippen molar-refractivity contribution in [2.24, 2.45) is 22.7 Å². The molecular formula is C32H42N2O5. The minimum absolute atomic E-state index is 0.0271. The van der Waals surface area contributed by atoms with E-state index in [1.165, 1.54) is 5.69 Å². The largest absolute Gasteiger partial charge is 0.423 e. The van der Waals surface area contributed by atoms with E-state index in [0.29, 0.717) is 17.8 Å². The Labute approximate surface area is 231 Å². The molecule has 39 heavy (non-hydrogen) atoms. The molecule has 1 aromatic rings. The number of anilines is 1. The number of benzene rings is 1. The zero-order valence-corrected chi connectivity index (χ0v) is 23.4. The molecule has 3 heterocycles. The first-order chi connectivity index (χ1) is 18.7. The monoisotopic (exact) mass is 534 g/mol. The van der Waals surface area contributed by atoms with Gasteiger partial charge in [0.15, 0.2) is 0 Å². The number of allylic oxidation sites excluding steroid dienone is 1. The molecule has 3 unspecified atom stereocenters. The second kappa shape index (κ2) is 9.88. The van der Waals surface area contributed by atoms with E-state index in [1.54, 1.807) is 0 Å². The van der Waals surface area contributed by atoms with Crippen LogP contribution in [0.25, 0.3) is 6.08 Å². The highest BCUT2D eigenvalue weighted by Gasteiger charge is 2.66. The molecule has 2 saturated heterocycles. The SMILES string of the molecule is CN1CCN(c2ccc(C=C3C=C(C=CC4C5(CCC6[C@]4(C)CC[C@@H](O)[C@@]6(C)CO)CO5)C(=O)O3)cc2)CC1. The van der Waals surface area contributed by atoms with E-state index in [1.807, 2.05) is 25.2 Å². The minimum atomic E-state index is -0.531. The number of hydrogen-bond acceptors (Lipinski definition) is 7. The number of cyclic esters (lactones) is 1. The quantitative estimate of drug-likeness (QED) is 0.439. The number of piperazine rings is 1. The van der Waals surface area contributed by atoms with Crippen LogP contribution in [0.4, 0.5) is 5.69 Å². The van der Waals surface area contributed by atoms with Gasteiger partial charge in [-0.25, -0.2) is 4.79 Å². The number of nitrogens with zero attached hydrogens (tertiary/aromatic N) is 2. The van der Waals surface area contributed by atoms with Gasteiger partial charge in [0.05, 0.1) is 30.5 Å². The van der Waals surface area contributed by atoms with E-state index in [9.17, 15) is 15.0 Å². The number of epoxide rings is 1. The first-order valence-electron chi connectivity index (χ1n) is 14.5. The lowest BCUT2D eigenvalue weighted by Gasteiger charge is -2.60. The summed E-state index contributed by atoms with van der Waals surface area (Å²) < 4.78 is 11.7. The topological polar surface area (TPSA) is 85.8 Å². The van der Waals surface area contributed by atoms with Crippen molar-refractivity contribution >= 4 is 17.7 Å². The van der Waals surface area contributed by atoms with Crippen LogP contribution < -0.4 is 4.90 Å². The van der Waals surface area contributed by atoms with Crippen molar-refractivity contribution in [3.05, 3.63) is 59.4 Å². The van der Waals surface area contributed by atoms with E-state index in [0.717, 1.165) is 57.6 Å². The zero-order valence-electron chi connectivity index (χ0n) is 23.4. The number of aliphatic hydroxyl groups excluding tert-OH is 2. The average molecular weight is 535 g/mol. The third kappa shape index (κ3) is 4.67. The number of aliphatic hydroxyl groups is 2. The maximum atomic E-state index is 12.8. The summed E-state index contributed by atoms with van der Waals surface area (Å²) in [6.45, 7) is 9.20. The first kappa shape index (κ1) is 26.8. The number of fused-ring (bicyclic) bond motifs is 1. The van der Waals surface area contributed by atoms with Crippen molar-refractivity contribution in [3.8, 4) is 0 Å². The summed E-state index contributed by atoms with van der Waals surface area (Å²) in [5, 5.41) is 21.1. The van der Waals surface area contributed by atoms with E-state index in [2.05, 4.69) is 54.1 Å². The Kier molecular flexibility index (Phi) is 6.78. The van der Waals surface area contributed by atoms with Crippen LogP contribution in [-0.4, -0.2) is 79.2 Å². The molecule has 1 aromatic carbocycles. The molecule has 3 aliphatic heterocycles. The molecule has 6 rings (SSSR count). The Bertz CT molecular complexity index is 1190. The summed E-state index contributed by atoms with van der Waals surface area (Å²) in [4.78, 5) is 17.5. The van der Waals surface area contributed by atoms with E-state index in [-0.39, 0.29) is 35.4 Å². The van der Waals surface area contributed by atoms with Crippen molar-refractivity contribution in [3.63, 3.8) is 0 Å². The Morgan fingerprint density at radius 1 is 1.08 bits per heavy atom. The van der Waals surface area contributed by atoms with E-state index < -0.39 is 11.5 Å². The maximum Gasteiger partial charge on any atom is 0.343 e. The number of ether oxygens (including phenoxy) is 2. The molecule has 210 valence electrons. The van der Waals surface area contributed by atoms with Gasteiger partial charge in [0, 0.05) is 43.2 Å². The van der Waals surface area contributed by atoms with Crippen LogP contribution in [0.5, 0.6) is 0 Å². The molecule has 2 N–H and O–H groups in total. The summed E-state index contributed by atoms with van der Waals surface area (Å²) in [5.41, 5.74) is 1.89. The Hall–Kier alpha value is -2.45. The van der Waals surface area contributed by atoms with Crippen LogP contribution in [0.3, 0.4) is 0 Å². The van der Waals surface area contributed by atoms with Crippen molar-refractivity contribution in [2.45, 2.75) is 51.2 Å². The molecule has 5 aliphatic rings. The fourth-order valence-corrected chi connectivity index (χ4v) is 7.95. The third-order valence-electron chi connectivity index (χ3n) is 10.6. The highest BCUT2D eigenvalue weighted by Crippen LogP contribution is 2.65. The molecular weight excluding hydrogens is 492 g/mol. The lowest BCUT2D eigenvalue weighted by Crippen LogP contribution is -2.60. The van der Waals surface area contributed by atoms with Gasteiger partial charge in [-0.15, -0.1) is 0 Å². The van der Waals surface area contributed by atoms with Crippen LogP contribution in [-0.2, 0) is 14.3 Å². The lowest BCUT2D eigenvalue weighted by atomic mass is 9.45. The van der Waals surface area contributed by atoms with Gasteiger partial charge >= 0.3 is 5.97 Å². The van der Waals surface area contributed by atoms with Crippen molar-refractivity contribution in [1.29, 1.82) is 0 Å². The maximum absolute atomic E-state index is 12.8. The molecule has 7 heteroatoms. The number of carbonyl (C=O) groups is 1. The van der Waals surface area contributed by atoms with Crippen LogP contribution in [0, 0.1) is 22.7 Å². The van der Waals surface area contributed by atoms with Gasteiger partial charge in [-0.3, -0.25) is 0 Å². The summed E-state index contributed by atoms with van der Waals surface area (Å²) in [7, 11) is 2.16. The summed E-state index contributed by atoms with van der Waals surface area (Å²) in [6.07, 6.45) is 10.6. The lowest BCUT2D eigenvalue weighted by molar-refractivity contribution is -0.167. The molecule has 2 saturated carbocycles. The molecule has 6 atom stereocenters. The summed E-state index contributed by atoms with van der Waals surface area (Å²) in [5.74, 6) is 0.489. The van der Waals surface area contributed by atoms with E-state index >= 15 is 0 Å². The minimum Gasteiger partial charge on any atom is -0.423 e. The van der Waals surface area contributed by atoms with Crippen LogP contribution in [0.15, 0.2) is 53.8 Å². The van der Waals surface area contributed by atoms with Gasteiger partial charge in [0.1, 0.15) is 5.76 Å². The smallest absolute Gasteiger partial charge is 0.343 e. The predicted molar refractivity (Wildman–Crippen MR) is 151 cm³/mol. The molecule has 7 nitrogen and oxygen atoms in total. The molecule has 4 fully saturated rings. The number of carbonyl (C=O) groups excluding carboxylic acids is 1. The van der Waals surface area contributed by atoms with Gasteiger partial charge < -0.3 is 29.5 Å². The van der Waals surface area contributed by atoms with Gasteiger partial charge in [-0.1, -0.05) is 38.1 Å². The third-order valence-corrected chi connectivity index (χ3v) is 10.6. The summed E-state index contributed by atoms with van der Waals surface area (Å²) in [6, 6.07) is 8.41. The number of esters is 1. The molecule has 1 spiro atoms. The van der Waals surface area contributed by atoms with Crippen molar-refractivity contribution < 1.29 is 24.5 Å². The second-order valence-electron chi connectivity index (χ2n) is 12.9. The number of rotatable bonds is 5. The fourth-order valence-electron chi connectivity index (χ4n) is 7.95.